The zero-order chi connectivity index (χ0) is 14.3. The van der Waals surface area contributed by atoms with Gasteiger partial charge in [-0.2, -0.15) is 0 Å². The summed E-state index contributed by atoms with van der Waals surface area (Å²) in [7, 11) is -2.90. The Morgan fingerprint density at radius 2 is 2.15 bits per heavy atom. The maximum Gasteiger partial charge on any atom is 0.153 e. The fourth-order valence-electron chi connectivity index (χ4n) is 2.85. The first-order chi connectivity index (χ1) is 9.43. The van der Waals surface area contributed by atoms with Gasteiger partial charge in [0, 0.05) is 19.0 Å². The average Bonchev–Trinajstić information content (AvgIpc) is 2.70. The number of rotatable bonds is 2. The van der Waals surface area contributed by atoms with E-state index in [0.29, 0.717) is 13.0 Å². The monoisotopic (exact) mass is 293 g/mol. The number of nitrogens with one attached hydrogen (secondary N) is 2. The lowest BCUT2D eigenvalue weighted by atomic mass is 10.1. The summed E-state index contributed by atoms with van der Waals surface area (Å²) < 4.78 is 23.3. The highest BCUT2D eigenvalue weighted by atomic mass is 32.2. The van der Waals surface area contributed by atoms with E-state index in [4.69, 9.17) is 0 Å². The number of hydrogen-bond donors (Lipinski definition) is 2. The summed E-state index contributed by atoms with van der Waals surface area (Å²) in [6, 6.07) is 4.14. The third-order valence-electron chi connectivity index (χ3n) is 3.71. The van der Waals surface area contributed by atoms with Crippen molar-refractivity contribution in [1.82, 2.24) is 15.3 Å². The molecule has 0 aliphatic carbocycles. The first kappa shape index (κ1) is 13.6. The molecule has 1 aromatic heterocycles. The molecular weight excluding hydrogens is 274 g/mol. The third kappa shape index (κ3) is 2.71. The molecule has 0 radical (unpaired) electrons. The van der Waals surface area contributed by atoms with Gasteiger partial charge in [0.05, 0.1) is 22.5 Å². The van der Waals surface area contributed by atoms with Gasteiger partial charge in [0.2, 0.25) is 0 Å². The minimum absolute atomic E-state index is 0.0456. The van der Waals surface area contributed by atoms with Gasteiger partial charge in [-0.25, -0.2) is 13.4 Å². The molecule has 0 amide bonds. The molecule has 2 N–H and O–H groups in total. The largest absolute Gasteiger partial charge is 0.342 e. The Bertz CT molecular complexity index is 749. The lowest BCUT2D eigenvalue weighted by Gasteiger charge is -2.22. The van der Waals surface area contributed by atoms with Crippen molar-refractivity contribution >= 4 is 20.9 Å². The lowest BCUT2D eigenvalue weighted by Crippen LogP contribution is -2.46. The molecule has 2 aromatic rings. The number of aryl methyl sites for hydroxylation is 2. The molecule has 108 valence electrons. The molecule has 6 heteroatoms. The molecule has 1 saturated heterocycles. The fraction of sp³-hybridized carbons (Fsp3) is 0.500. The number of nitrogens with zero attached hydrogens (tertiary/aromatic N) is 1. The molecule has 0 spiro atoms. The van der Waals surface area contributed by atoms with Gasteiger partial charge in [-0.05, 0) is 31.0 Å². The summed E-state index contributed by atoms with van der Waals surface area (Å²) in [6.07, 6.45) is 0.617. The van der Waals surface area contributed by atoms with E-state index >= 15 is 0 Å². The Balaban J connectivity index is 1.86. The van der Waals surface area contributed by atoms with E-state index < -0.39 is 9.84 Å². The lowest BCUT2D eigenvalue weighted by molar-refractivity contribution is 0.510. The summed E-state index contributed by atoms with van der Waals surface area (Å²) in [5.74, 6) is 1.28. The van der Waals surface area contributed by atoms with Crippen LogP contribution in [-0.2, 0) is 16.3 Å². The maximum absolute atomic E-state index is 11.7. The number of imidazole rings is 1. The van der Waals surface area contributed by atoms with E-state index in [1.807, 2.05) is 6.92 Å². The smallest absolute Gasteiger partial charge is 0.153 e. The highest BCUT2D eigenvalue weighted by Crippen LogP contribution is 2.19. The van der Waals surface area contributed by atoms with Gasteiger partial charge >= 0.3 is 0 Å². The van der Waals surface area contributed by atoms with Crippen molar-refractivity contribution in [1.29, 1.82) is 0 Å². The molecule has 3 rings (SSSR count). The number of H-pyrrole nitrogens is 1. The summed E-state index contributed by atoms with van der Waals surface area (Å²) in [5.41, 5.74) is 4.34. The molecule has 5 nitrogen and oxygen atoms in total. The predicted molar refractivity (Wildman–Crippen MR) is 79.7 cm³/mol. The Labute approximate surface area is 118 Å². The normalized spacial score (nSPS) is 22.2. The molecule has 1 atom stereocenters. The molecule has 0 bridgehead atoms. The summed E-state index contributed by atoms with van der Waals surface area (Å²) in [5, 5.41) is 3.25. The van der Waals surface area contributed by atoms with Gasteiger partial charge in [-0.3, -0.25) is 0 Å². The van der Waals surface area contributed by atoms with Crippen LogP contribution in [0.3, 0.4) is 0 Å². The van der Waals surface area contributed by atoms with Crippen molar-refractivity contribution in [3.63, 3.8) is 0 Å². The number of aromatic amines is 1. The molecule has 1 unspecified atom stereocenters. The van der Waals surface area contributed by atoms with Crippen LogP contribution in [0, 0.1) is 13.8 Å². The second-order valence-corrected chi connectivity index (χ2v) is 7.86. The Hall–Kier alpha value is -1.40. The number of sulfone groups is 1. The van der Waals surface area contributed by atoms with Crippen LogP contribution in [0.15, 0.2) is 12.1 Å². The van der Waals surface area contributed by atoms with E-state index in [1.54, 1.807) is 0 Å². The Morgan fingerprint density at radius 3 is 2.90 bits per heavy atom. The molecule has 1 aromatic carbocycles. The van der Waals surface area contributed by atoms with Crippen molar-refractivity contribution in [3.05, 3.63) is 29.1 Å². The van der Waals surface area contributed by atoms with Gasteiger partial charge in [-0.15, -0.1) is 0 Å². The highest BCUT2D eigenvalue weighted by Gasteiger charge is 2.25. The number of aromatic nitrogens is 2. The SMILES string of the molecule is Cc1cc(C)c2nc(CC3CS(=O)(=O)CCN3)[nH]c2c1. The van der Waals surface area contributed by atoms with Crippen LogP contribution >= 0.6 is 0 Å². The van der Waals surface area contributed by atoms with Crippen LogP contribution in [0.4, 0.5) is 0 Å². The Morgan fingerprint density at radius 1 is 1.35 bits per heavy atom. The van der Waals surface area contributed by atoms with Crippen LogP contribution < -0.4 is 5.32 Å². The zero-order valence-corrected chi connectivity index (χ0v) is 12.5. The van der Waals surface area contributed by atoms with Gasteiger partial charge < -0.3 is 10.3 Å². The molecular formula is C14H19N3O2S. The minimum atomic E-state index is -2.90. The van der Waals surface area contributed by atoms with Crippen molar-refractivity contribution in [2.24, 2.45) is 0 Å². The molecule has 1 fully saturated rings. The minimum Gasteiger partial charge on any atom is -0.342 e. The van der Waals surface area contributed by atoms with Crippen molar-refractivity contribution in [2.75, 3.05) is 18.1 Å². The van der Waals surface area contributed by atoms with Crippen molar-refractivity contribution < 1.29 is 8.42 Å². The topological polar surface area (TPSA) is 74.8 Å². The van der Waals surface area contributed by atoms with Crippen LogP contribution in [-0.4, -0.2) is 42.5 Å². The molecule has 2 heterocycles. The predicted octanol–water partition coefficient (Wildman–Crippen LogP) is 1.11. The van der Waals surface area contributed by atoms with E-state index in [-0.39, 0.29) is 17.5 Å². The first-order valence-electron chi connectivity index (χ1n) is 6.82. The molecule has 1 aliphatic heterocycles. The number of hydrogen-bond acceptors (Lipinski definition) is 4. The Kier molecular flexibility index (Phi) is 3.30. The number of fused-ring (bicyclic) bond motifs is 1. The van der Waals surface area contributed by atoms with Crippen molar-refractivity contribution in [2.45, 2.75) is 26.3 Å². The molecule has 20 heavy (non-hydrogen) atoms. The van der Waals surface area contributed by atoms with Gasteiger partial charge in [0.15, 0.2) is 9.84 Å². The average molecular weight is 293 g/mol. The number of benzene rings is 1. The van der Waals surface area contributed by atoms with Gasteiger partial charge in [0.25, 0.3) is 0 Å². The summed E-state index contributed by atoms with van der Waals surface area (Å²) in [6.45, 7) is 4.64. The zero-order valence-electron chi connectivity index (χ0n) is 11.7. The molecule has 0 saturated carbocycles. The standard InChI is InChI=1S/C14H19N3O2S/c1-9-5-10(2)14-12(6-9)16-13(17-14)7-11-8-20(18,19)4-3-15-11/h5-6,11,15H,3-4,7-8H2,1-2H3,(H,16,17). The first-order valence-corrected chi connectivity index (χ1v) is 8.65. The van der Waals surface area contributed by atoms with Crippen LogP contribution in [0.5, 0.6) is 0 Å². The van der Waals surface area contributed by atoms with E-state index in [9.17, 15) is 8.42 Å². The third-order valence-corrected chi connectivity index (χ3v) is 5.45. The highest BCUT2D eigenvalue weighted by molar-refractivity contribution is 7.91. The second-order valence-electron chi connectivity index (χ2n) is 5.63. The van der Waals surface area contributed by atoms with E-state index in [2.05, 4.69) is 34.3 Å². The quantitative estimate of drug-likeness (QED) is 0.870. The fourth-order valence-corrected chi connectivity index (χ4v) is 4.29. The summed E-state index contributed by atoms with van der Waals surface area (Å²) in [4.78, 5) is 7.91. The second kappa shape index (κ2) is 4.86. The maximum atomic E-state index is 11.7. The summed E-state index contributed by atoms with van der Waals surface area (Å²) >= 11 is 0. The molecule has 1 aliphatic rings. The van der Waals surface area contributed by atoms with Crippen LogP contribution in [0.2, 0.25) is 0 Å². The van der Waals surface area contributed by atoms with Gasteiger partial charge in [-0.1, -0.05) is 6.07 Å². The van der Waals surface area contributed by atoms with Crippen molar-refractivity contribution in [3.8, 4) is 0 Å². The van der Waals surface area contributed by atoms with Crippen LogP contribution in [0.25, 0.3) is 11.0 Å². The van der Waals surface area contributed by atoms with E-state index in [1.165, 1.54) is 5.56 Å². The van der Waals surface area contributed by atoms with Crippen LogP contribution in [0.1, 0.15) is 17.0 Å². The van der Waals surface area contributed by atoms with Gasteiger partial charge in [0.1, 0.15) is 5.82 Å². The van der Waals surface area contributed by atoms with E-state index in [0.717, 1.165) is 22.4 Å².